The van der Waals surface area contributed by atoms with Crippen LogP contribution in [0.15, 0.2) is 12.2 Å². The molecule has 0 fully saturated rings. The van der Waals surface area contributed by atoms with Crippen molar-refractivity contribution < 1.29 is 24.2 Å². The Kier molecular flexibility index (Phi) is 29.1. The van der Waals surface area contributed by atoms with Crippen LogP contribution in [-0.2, 0) is 19.1 Å². The number of aliphatic hydroxyl groups excluding tert-OH is 1. The molecule has 0 aromatic carbocycles. The highest BCUT2D eigenvalue weighted by Crippen LogP contribution is 2.14. The molecular weight excluding hydrogens is 476 g/mol. The van der Waals surface area contributed by atoms with E-state index in [0.717, 1.165) is 44.9 Å². The summed E-state index contributed by atoms with van der Waals surface area (Å²) in [5.41, 5.74) is 0. The van der Waals surface area contributed by atoms with Crippen LogP contribution in [0, 0.1) is 0 Å². The Morgan fingerprint density at radius 1 is 0.579 bits per heavy atom. The third-order valence-electron chi connectivity index (χ3n) is 7.06. The van der Waals surface area contributed by atoms with E-state index in [-0.39, 0.29) is 25.2 Å². The van der Waals surface area contributed by atoms with Gasteiger partial charge in [0.1, 0.15) is 6.61 Å². The third-order valence-corrected chi connectivity index (χ3v) is 7.06. The van der Waals surface area contributed by atoms with E-state index in [1.807, 2.05) is 0 Å². The number of rotatable bonds is 29. The molecule has 0 spiro atoms. The average molecular weight is 539 g/mol. The van der Waals surface area contributed by atoms with E-state index in [0.29, 0.717) is 12.8 Å². The molecule has 0 saturated carbocycles. The lowest BCUT2D eigenvalue weighted by Crippen LogP contribution is -2.28. The first-order valence-corrected chi connectivity index (χ1v) is 16.2. The number of carbonyl (C=O) groups excluding carboxylic acids is 2. The van der Waals surface area contributed by atoms with Crippen molar-refractivity contribution in [1.82, 2.24) is 0 Å². The van der Waals surface area contributed by atoms with E-state index in [1.165, 1.54) is 96.3 Å². The fourth-order valence-electron chi connectivity index (χ4n) is 4.53. The van der Waals surface area contributed by atoms with Crippen LogP contribution in [0.25, 0.3) is 0 Å². The molecule has 0 radical (unpaired) electrons. The predicted octanol–water partition coefficient (Wildman–Crippen LogP) is 9.39. The van der Waals surface area contributed by atoms with Gasteiger partial charge >= 0.3 is 11.9 Å². The highest BCUT2D eigenvalue weighted by atomic mass is 16.6. The van der Waals surface area contributed by atoms with E-state index in [9.17, 15) is 14.7 Å². The molecule has 38 heavy (non-hydrogen) atoms. The Morgan fingerprint density at radius 2 is 1.00 bits per heavy atom. The highest BCUT2D eigenvalue weighted by molar-refractivity contribution is 5.70. The van der Waals surface area contributed by atoms with Gasteiger partial charge in [0.25, 0.3) is 0 Å². The molecule has 0 saturated heterocycles. The number of aliphatic hydroxyl groups is 1. The molecule has 0 aliphatic heterocycles. The van der Waals surface area contributed by atoms with Gasteiger partial charge in [0.05, 0.1) is 6.61 Å². The van der Waals surface area contributed by atoms with Gasteiger partial charge in [-0.25, -0.2) is 0 Å². The third kappa shape index (κ3) is 27.7. The molecule has 0 unspecified atom stereocenters. The van der Waals surface area contributed by atoms with Crippen LogP contribution in [-0.4, -0.2) is 36.4 Å². The minimum atomic E-state index is -0.765. The Hall–Kier alpha value is -1.36. The Labute approximate surface area is 235 Å². The van der Waals surface area contributed by atoms with Crippen LogP contribution in [0.5, 0.6) is 0 Å². The van der Waals surface area contributed by atoms with E-state index in [1.54, 1.807) is 0 Å². The summed E-state index contributed by atoms with van der Waals surface area (Å²) in [5, 5.41) is 9.48. The van der Waals surface area contributed by atoms with Gasteiger partial charge in [-0.2, -0.15) is 0 Å². The van der Waals surface area contributed by atoms with Gasteiger partial charge in [-0.05, 0) is 32.1 Å². The van der Waals surface area contributed by atoms with Crippen molar-refractivity contribution in [2.75, 3.05) is 13.2 Å². The Balaban J connectivity index is 3.58. The number of carbonyl (C=O) groups is 2. The molecule has 5 heteroatoms. The first-order valence-electron chi connectivity index (χ1n) is 16.2. The van der Waals surface area contributed by atoms with Crippen molar-refractivity contribution in [2.24, 2.45) is 0 Å². The summed E-state index contributed by atoms with van der Waals surface area (Å²) < 4.78 is 10.5. The maximum absolute atomic E-state index is 12.1. The average Bonchev–Trinajstić information content (AvgIpc) is 2.92. The standard InChI is InChI=1S/C33H62O5/c1-3-5-7-9-11-13-15-16-18-20-22-24-26-28-33(36)38-31(29-34)30-37-32(35)27-25-23-21-19-17-14-12-10-8-6-4-2/h10,12,31,34H,3-9,11,13-30H2,1-2H3/b12-10+/t31-/m0/s1. The van der Waals surface area contributed by atoms with Crippen LogP contribution >= 0.6 is 0 Å². The fraction of sp³-hybridized carbons (Fsp3) is 0.879. The predicted molar refractivity (Wildman–Crippen MR) is 159 cm³/mol. The summed E-state index contributed by atoms with van der Waals surface area (Å²) in [7, 11) is 0. The second kappa shape index (κ2) is 30.2. The molecule has 0 rings (SSSR count). The molecule has 224 valence electrons. The molecule has 0 amide bonds. The smallest absolute Gasteiger partial charge is 0.306 e. The van der Waals surface area contributed by atoms with Gasteiger partial charge in [-0.1, -0.05) is 135 Å². The van der Waals surface area contributed by atoms with Crippen molar-refractivity contribution in [2.45, 2.75) is 174 Å². The zero-order valence-electron chi connectivity index (χ0n) is 25.2. The number of unbranched alkanes of at least 4 members (excludes halogenated alkanes) is 19. The van der Waals surface area contributed by atoms with Gasteiger partial charge < -0.3 is 14.6 Å². The summed E-state index contributed by atoms with van der Waals surface area (Å²) in [6.45, 7) is 4.08. The van der Waals surface area contributed by atoms with E-state index in [2.05, 4.69) is 26.0 Å². The van der Waals surface area contributed by atoms with Crippen LogP contribution in [0.2, 0.25) is 0 Å². The Morgan fingerprint density at radius 3 is 1.50 bits per heavy atom. The molecular formula is C33H62O5. The van der Waals surface area contributed by atoms with Crippen molar-refractivity contribution in [3.8, 4) is 0 Å². The quantitative estimate of drug-likeness (QED) is 0.0583. The maximum atomic E-state index is 12.1. The normalized spacial score (nSPS) is 12.2. The Bertz CT molecular complexity index is 546. The summed E-state index contributed by atoms with van der Waals surface area (Å²) in [6.07, 6.45) is 31.2. The molecule has 0 aliphatic carbocycles. The zero-order chi connectivity index (χ0) is 27.9. The summed E-state index contributed by atoms with van der Waals surface area (Å²) in [6, 6.07) is 0. The second-order valence-electron chi connectivity index (χ2n) is 10.9. The number of hydrogen-bond donors (Lipinski definition) is 1. The minimum Gasteiger partial charge on any atom is -0.462 e. The number of esters is 2. The fourth-order valence-corrected chi connectivity index (χ4v) is 4.53. The van der Waals surface area contributed by atoms with E-state index >= 15 is 0 Å². The van der Waals surface area contributed by atoms with E-state index in [4.69, 9.17) is 9.47 Å². The number of hydrogen-bond acceptors (Lipinski definition) is 5. The van der Waals surface area contributed by atoms with Gasteiger partial charge in [-0.15, -0.1) is 0 Å². The molecule has 0 aromatic rings. The number of allylic oxidation sites excluding steroid dienone is 2. The lowest BCUT2D eigenvalue weighted by molar-refractivity contribution is -0.161. The molecule has 1 N–H and O–H groups in total. The second-order valence-corrected chi connectivity index (χ2v) is 10.9. The van der Waals surface area contributed by atoms with Crippen LogP contribution in [0.3, 0.4) is 0 Å². The summed E-state index contributed by atoms with van der Waals surface area (Å²) >= 11 is 0. The molecule has 1 atom stereocenters. The van der Waals surface area contributed by atoms with Crippen LogP contribution in [0.4, 0.5) is 0 Å². The lowest BCUT2D eigenvalue weighted by Gasteiger charge is -2.15. The van der Waals surface area contributed by atoms with E-state index < -0.39 is 6.10 Å². The highest BCUT2D eigenvalue weighted by Gasteiger charge is 2.16. The zero-order valence-corrected chi connectivity index (χ0v) is 25.2. The van der Waals surface area contributed by atoms with Gasteiger partial charge in [-0.3, -0.25) is 9.59 Å². The molecule has 0 heterocycles. The van der Waals surface area contributed by atoms with Gasteiger partial charge in [0, 0.05) is 12.8 Å². The SMILES string of the molecule is CCCC/C=C/CCCCCCCC(=O)OC[C@H](CO)OC(=O)CCCCCCCCCCCCCCC. The largest absolute Gasteiger partial charge is 0.462 e. The van der Waals surface area contributed by atoms with Gasteiger partial charge in [0.2, 0.25) is 0 Å². The molecule has 0 aromatic heterocycles. The van der Waals surface area contributed by atoms with Crippen LogP contribution in [0.1, 0.15) is 168 Å². The molecule has 0 aliphatic rings. The first-order chi connectivity index (χ1) is 18.6. The van der Waals surface area contributed by atoms with Crippen molar-refractivity contribution >= 4 is 11.9 Å². The number of ether oxygens (including phenoxy) is 2. The van der Waals surface area contributed by atoms with Crippen molar-refractivity contribution in [1.29, 1.82) is 0 Å². The summed E-state index contributed by atoms with van der Waals surface area (Å²) in [5.74, 6) is -0.599. The monoisotopic (exact) mass is 538 g/mol. The van der Waals surface area contributed by atoms with Crippen molar-refractivity contribution in [3.05, 3.63) is 12.2 Å². The lowest BCUT2D eigenvalue weighted by atomic mass is 10.0. The van der Waals surface area contributed by atoms with Crippen LogP contribution < -0.4 is 0 Å². The molecule has 0 bridgehead atoms. The first kappa shape index (κ1) is 36.6. The van der Waals surface area contributed by atoms with Crippen molar-refractivity contribution in [3.63, 3.8) is 0 Å². The minimum absolute atomic E-state index is 0.0654. The van der Waals surface area contributed by atoms with Gasteiger partial charge in [0.15, 0.2) is 6.10 Å². The maximum Gasteiger partial charge on any atom is 0.306 e. The molecule has 5 nitrogen and oxygen atoms in total. The topological polar surface area (TPSA) is 72.8 Å². The summed E-state index contributed by atoms with van der Waals surface area (Å²) in [4.78, 5) is 24.0.